The van der Waals surface area contributed by atoms with Crippen LogP contribution in [0.1, 0.15) is 24.0 Å². The van der Waals surface area contributed by atoms with Gasteiger partial charge in [-0.3, -0.25) is 0 Å². The molecule has 1 saturated heterocycles. The Kier molecular flexibility index (Phi) is 4.41. The minimum Gasteiger partial charge on any atom is -0.493 e. The summed E-state index contributed by atoms with van der Waals surface area (Å²) in [5.41, 5.74) is 2.60. The molecule has 2 aliphatic heterocycles. The fourth-order valence-corrected chi connectivity index (χ4v) is 3.39. The Bertz CT molecular complexity index is 444. The van der Waals surface area contributed by atoms with E-state index in [1.54, 1.807) is 0 Å². The maximum atomic E-state index is 5.75. The quantitative estimate of drug-likeness (QED) is 0.923. The van der Waals surface area contributed by atoms with Crippen molar-refractivity contribution in [2.45, 2.75) is 25.8 Å². The zero-order valence-electron chi connectivity index (χ0n) is 11.1. The Balaban J connectivity index is 1.57. The van der Waals surface area contributed by atoms with Crippen molar-refractivity contribution in [3.8, 4) is 5.75 Å². The van der Waals surface area contributed by atoms with Gasteiger partial charge in [0.25, 0.3) is 0 Å². The number of rotatable bonds is 4. The molecule has 104 valence electrons. The van der Waals surface area contributed by atoms with E-state index in [9.17, 15) is 0 Å². The van der Waals surface area contributed by atoms with E-state index in [4.69, 9.17) is 9.47 Å². The van der Waals surface area contributed by atoms with Crippen molar-refractivity contribution in [1.82, 2.24) is 5.32 Å². The summed E-state index contributed by atoms with van der Waals surface area (Å²) in [5, 5.41) is 3.57. The molecule has 2 aliphatic rings. The molecule has 3 rings (SSSR count). The van der Waals surface area contributed by atoms with Gasteiger partial charge in [-0.1, -0.05) is 15.9 Å². The highest BCUT2D eigenvalue weighted by Gasteiger charge is 2.18. The molecule has 0 atom stereocenters. The SMILES string of the molecule is Brc1cc2c(c(CNCC3CCOCC3)c1)OCC2. The zero-order chi connectivity index (χ0) is 13.1. The van der Waals surface area contributed by atoms with Gasteiger partial charge in [-0.05, 0) is 43.0 Å². The van der Waals surface area contributed by atoms with Crippen LogP contribution in [0.4, 0.5) is 0 Å². The summed E-state index contributed by atoms with van der Waals surface area (Å²) in [5.74, 6) is 1.86. The molecule has 0 aromatic heterocycles. The van der Waals surface area contributed by atoms with Gasteiger partial charge in [-0.25, -0.2) is 0 Å². The molecule has 0 saturated carbocycles. The van der Waals surface area contributed by atoms with Crippen molar-refractivity contribution in [2.75, 3.05) is 26.4 Å². The number of halogens is 1. The molecule has 1 N–H and O–H groups in total. The molecule has 0 bridgehead atoms. The molecule has 1 fully saturated rings. The van der Waals surface area contributed by atoms with Crippen LogP contribution in [0.3, 0.4) is 0 Å². The first-order valence-corrected chi connectivity index (χ1v) is 7.85. The van der Waals surface area contributed by atoms with E-state index >= 15 is 0 Å². The topological polar surface area (TPSA) is 30.5 Å². The minimum atomic E-state index is 0.759. The van der Waals surface area contributed by atoms with Crippen LogP contribution in [0, 0.1) is 5.92 Å². The molecule has 0 spiro atoms. The van der Waals surface area contributed by atoms with E-state index in [1.807, 2.05) is 0 Å². The van der Waals surface area contributed by atoms with Gasteiger partial charge >= 0.3 is 0 Å². The van der Waals surface area contributed by atoms with Gasteiger partial charge in [0.05, 0.1) is 6.61 Å². The van der Waals surface area contributed by atoms with Crippen LogP contribution in [0.2, 0.25) is 0 Å². The van der Waals surface area contributed by atoms with Gasteiger partial charge in [0.2, 0.25) is 0 Å². The Hall–Kier alpha value is -0.580. The van der Waals surface area contributed by atoms with Crippen molar-refractivity contribution >= 4 is 15.9 Å². The average Bonchev–Trinajstić information content (AvgIpc) is 2.88. The highest BCUT2D eigenvalue weighted by Crippen LogP contribution is 2.32. The summed E-state index contributed by atoms with van der Waals surface area (Å²) in [6.45, 7) is 4.62. The number of nitrogens with one attached hydrogen (secondary N) is 1. The number of fused-ring (bicyclic) bond motifs is 1. The molecule has 4 heteroatoms. The minimum absolute atomic E-state index is 0.759. The first-order valence-electron chi connectivity index (χ1n) is 7.05. The van der Waals surface area contributed by atoms with Gasteiger partial charge in [0.1, 0.15) is 5.75 Å². The highest BCUT2D eigenvalue weighted by molar-refractivity contribution is 9.10. The summed E-state index contributed by atoms with van der Waals surface area (Å²) in [7, 11) is 0. The van der Waals surface area contributed by atoms with Crippen LogP contribution < -0.4 is 10.1 Å². The third-order valence-electron chi connectivity index (χ3n) is 3.91. The van der Waals surface area contributed by atoms with Gasteiger partial charge in [-0.2, -0.15) is 0 Å². The van der Waals surface area contributed by atoms with E-state index < -0.39 is 0 Å². The van der Waals surface area contributed by atoms with E-state index in [0.29, 0.717) is 0 Å². The standard InChI is InChI=1S/C15H20BrNO2/c16-14-7-12-3-6-19-15(12)13(8-14)10-17-9-11-1-4-18-5-2-11/h7-8,11,17H,1-6,9-10H2. The molecule has 19 heavy (non-hydrogen) atoms. The largest absolute Gasteiger partial charge is 0.493 e. The molecular formula is C15H20BrNO2. The monoisotopic (exact) mass is 325 g/mol. The molecule has 0 radical (unpaired) electrons. The summed E-state index contributed by atoms with van der Waals surface area (Å²) in [4.78, 5) is 0. The molecule has 2 heterocycles. The first-order chi connectivity index (χ1) is 9.33. The van der Waals surface area contributed by atoms with E-state index in [-0.39, 0.29) is 0 Å². The molecule has 0 aliphatic carbocycles. The summed E-state index contributed by atoms with van der Waals surface area (Å²) in [6.07, 6.45) is 3.39. The lowest BCUT2D eigenvalue weighted by atomic mass is 10.0. The van der Waals surface area contributed by atoms with Gasteiger partial charge < -0.3 is 14.8 Å². The Morgan fingerprint density at radius 3 is 2.89 bits per heavy atom. The van der Waals surface area contributed by atoms with Crippen molar-refractivity contribution in [3.63, 3.8) is 0 Å². The van der Waals surface area contributed by atoms with E-state index in [0.717, 1.165) is 55.5 Å². The molecule has 3 nitrogen and oxygen atoms in total. The third-order valence-corrected chi connectivity index (χ3v) is 4.37. The fourth-order valence-electron chi connectivity index (χ4n) is 2.84. The van der Waals surface area contributed by atoms with Crippen LogP contribution in [0.25, 0.3) is 0 Å². The predicted molar refractivity (Wildman–Crippen MR) is 78.6 cm³/mol. The van der Waals surface area contributed by atoms with E-state index in [1.165, 1.54) is 24.0 Å². The smallest absolute Gasteiger partial charge is 0.127 e. The van der Waals surface area contributed by atoms with Gasteiger partial charge in [-0.15, -0.1) is 0 Å². The lowest BCUT2D eigenvalue weighted by Gasteiger charge is -2.22. The third kappa shape index (κ3) is 3.30. The predicted octanol–water partition coefficient (Wildman–Crippen LogP) is 2.90. The second-order valence-electron chi connectivity index (χ2n) is 5.34. The fraction of sp³-hybridized carbons (Fsp3) is 0.600. The molecular weight excluding hydrogens is 306 g/mol. The molecule has 0 amide bonds. The first kappa shape index (κ1) is 13.4. The number of ether oxygens (including phenoxy) is 2. The normalized spacial score (nSPS) is 19.2. The lowest BCUT2D eigenvalue weighted by Crippen LogP contribution is -2.27. The summed E-state index contributed by atoms with van der Waals surface area (Å²) in [6, 6.07) is 4.34. The summed E-state index contributed by atoms with van der Waals surface area (Å²) >= 11 is 3.58. The Morgan fingerprint density at radius 2 is 2.05 bits per heavy atom. The Morgan fingerprint density at radius 1 is 1.21 bits per heavy atom. The van der Waals surface area contributed by atoms with Crippen LogP contribution in [0.15, 0.2) is 16.6 Å². The number of benzene rings is 1. The second-order valence-corrected chi connectivity index (χ2v) is 6.25. The zero-order valence-corrected chi connectivity index (χ0v) is 12.7. The van der Waals surface area contributed by atoms with E-state index in [2.05, 4.69) is 33.4 Å². The van der Waals surface area contributed by atoms with Crippen LogP contribution in [-0.4, -0.2) is 26.4 Å². The number of hydrogen-bond acceptors (Lipinski definition) is 3. The average molecular weight is 326 g/mol. The summed E-state index contributed by atoms with van der Waals surface area (Å²) < 4.78 is 12.3. The highest BCUT2D eigenvalue weighted by atomic mass is 79.9. The van der Waals surface area contributed by atoms with Crippen molar-refractivity contribution in [1.29, 1.82) is 0 Å². The van der Waals surface area contributed by atoms with Crippen molar-refractivity contribution < 1.29 is 9.47 Å². The molecule has 0 unspecified atom stereocenters. The van der Waals surface area contributed by atoms with Gasteiger partial charge in [0.15, 0.2) is 0 Å². The van der Waals surface area contributed by atoms with Crippen molar-refractivity contribution in [3.05, 3.63) is 27.7 Å². The van der Waals surface area contributed by atoms with Crippen LogP contribution >= 0.6 is 15.9 Å². The number of hydrogen-bond donors (Lipinski definition) is 1. The molecule has 1 aromatic rings. The molecule has 1 aromatic carbocycles. The van der Waals surface area contributed by atoms with Gasteiger partial charge in [0, 0.05) is 36.2 Å². The maximum absolute atomic E-state index is 5.75. The maximum Gasteiger partial charge on any atom is 0.127 e. The van der Waals surface area contributed by atoms with Crippen LogP contribution in [0.5, 0.6) is 5.75 Å². The van der Waals surface area contributed by atoms with Crippen molar-refractivity contribution in [2.24, 2.45) is 5.92 Å². The van der Waals surface area contributed by atoms with Crippen LogP contribution in [-0.2, 0) is 17.7 Å². The second kappa shape index (κ2) is 6.25. The Labute approximate surface area is 122 Å². The lowest BCUT2D eigenvalue weighted by molar-refractivity contribution is 0.0662.